The topological polar surface area (TPSA) is 72.0 Å². The van der Waals surface area contributed by atoms with E-state index in [1.165, 1.54) is 0 Å². The summed E-state index contributed by atoms with van der Waals surface area (Å²) < 4.78 is 5.40. The molecule has 3 rings (SSSR count). The number of esters is 1. The Bertz CT molecular complexity index is 868. The number of rotatable bonds is 4. The number of hydrogen-bond acceptors (Lipinski definition) is 5. The van der Waals surface area contributed by atoms with Crippen LogP contribution in [0.4, 0.5) is 0 Å². The molecule has 22 heavy (non-hydrogen) atoms. The molecular weight excluding hydrogens is 300 g/mol. The second kappa shape index (κ2) is 6.11. The molecule has 5 nitrogen and oxygen atoms in total. The molecule has 1 aromatic carbocycles. The molecule has 0 radical (unpaired) electrons. The molecule has 0 aliphatic carbocycles. The first-order valence-corrected chi connectivity index (χ1v) is 7.73. The van der Waals surface area contributed by atoms with Crippen molar-refractivity contribution in [2.24, 2.45) is 0 Å². The lowest BCUT2D eigenvalue weighted by molar-refractivity contribution is 0.0532. The Labute approximate surface area is 130 Å². The second-order valence-electron chi connectivity index (χ2n) is 4.72. The van der Waals surface area contributed by atoms with Gasteiger partial charge in [0.2, 0.25) is 0 Å². The summed E-state index contributed by atoms with van der Waals surface area (Å²) in [5, 5.41) is 0. The second-order valence-corrected chi connectivity index (χ2v) is 5.77. The number of fused-ring (bicyclic) bond motifs is 1. The maximum atomic E-state index is 12.1. The quantitative estimate of drug-likeness (QED) is 0.752. The van der Waals surface area contributed by atoms with Gasteiger partial charge in [0.05, 0.1) is 12.1 Å². The van der Waals surface area contributed by atoms with Crippen LogP contribution in [0.3, 0.4) is 0 Å². The Hall–Kier alpha value is -2.47. The van der Waals surface area contributed by atoms with Gasteiger partial charge in [-0.25, -0.2) is 9.78 Å². The van der Waals surface area contributed by atoms with Crippen LogP contribution in [0.25, 0.3) is 10.2 Å². The van der Waals surface area contributed by atoms with Crippen molar-refractivity contribution >= 4 is 27.5 Å². The molecule has 0 fully saturated rings. The summed E-state index contributed by atoms with van der Waals surface area (Å²) in [5.41, 5.74) is 1.37. The van der Waals surface area contributed by atoms with Crippen LogP contribution >= 0.6 is 11.3 Å². The first-order valence-electron chi connectivity index (χ1n) is 6.91. The van der Waals surface area contributed by atoms with Gasteiger partial charge in [0, 0.05) is 6.42 Å². The van der Waals surface area contributed by atoms with E-state index in [-0.39, 0.29) is 5.56 Å². The number of carbonyl (C=O) groups excluding carboxylic acids is 1. The molecule has 0 amide bonds. The minimum absolute atomic E-state index is 0.225. The normalized spacial score (nSPS) is 10.8. The van der Waals surface area contributed by atoms with Gasteiger partial charge in [0.25, 0.3) is 5.56 Å². The van der Waals surface area contributed by atoms with Crippen molar-refractivity contribution in [3.05, 3.63) is 63.0 Å². The van der Waals surface area contributed by atoms with E-state index in [4.69, 9.17) is 4.74 Å². The van der Waals surface area contributed by atoms with Crippen LogP contribution in [-0.2, 0) is 11.2 Å². The predicted octanol–water partition coefficient (Wildman–Crippen LogP) is 2.75. The fourth-order valence-electron chi connectivity index (χ4n) is 2.16. The molecule has 0 aliphatic heterocycles. The van der Waals surface area contributed by atoms with Gasteiger partial charge in [-0.05, 0) is 18.6 Å². The molecule has 0 spiro atoms. The number of carbonyl (C=O) groups is 1. The average molecular weight is 314 g/mol. The molecule has 1 N–H and O–H groups in total. The predicted molar refractivity (Wildman–Crippen MR) is 85.4 cm³/mol. The molecule has 0 saturated carbocycles. The third-order valence-corrected chi connectivity index (χ3v) is 4.23. The molecule has 6 heteroatoms. The lowest BCUT2D eigenvalue weighted by atomic mass is 10.1. The number of aromatic nitrogens is 2. The molecule has 112 valence electrons. The summed E-state index contributed by atoms with van der Waals surface area (Å²) >= 11 is 1.11. The highest BCUT2D eigenvalue weighted by atomic mass is 32.1. The van der Waals surface area contributed by atoms with Crippen molar-refractivity contribution in [1.82, 2.24) is 9.97 Å². The van der Waals surface area contributed by atoms with Gasteiger partial charge in [-0.1, -0.05) is 30.3 Å². The van der Waals surface area contributed by atoms with Crippen LogP contribution < -0.4 is 5.56 Å². The number of thiophene rings is 1. The highest BCUT2D eigenvalue weighted by Gasteiger charge is 2.15. The standard InChI is InChI=1S/C16H14N2O3S/c1-2-21-16(20)12-9-11-14(22-12)15(19)18-13(17-11)8-10-6-4-3-5-7-10/h3-7,9H,2,8H2,1H3,(H,17,18,19). The molecule has 0 aliphatic rings. The Kier molecular flexibility index (Phi) is 4.02. The van der Waals surface area contributed by atoms with E-state index in [1.807, 2.05) is 30.3 Å². The number of H-pyrrole nitrogens is 1. The summed E-state index contributed by atoms with van der Waals surface area (Å²) in [5.74, 6) is 0.159. The third-order valence-electron chi connectivity index (χ3n) is 3.12. The zero-order valence-electron chi connectivity index (χ0n) is 12.0. The van der Waals surface area contributed by atoms with Crippen molar-refractivity contribution in [2.75, 3.05) is 6.61 Å². The number of nitrogens with one attached hydrogen (secondary N) is 1. The number of hydrogen-bond donors (Lipinski definition) is 1. The third kappa shape index (κ3) is 2.92. The molecule has 2 heterocycles. The van der Waals surface area contributed by atoms with Crippen LogP contribution in [0.5, 0.6) is 0 Å². The van der Waals surface area contributed by atoms with E-state index in [0.717, 1.165) is 16.9 Å². The summed E-state index contributed by atoms with van der Waals surface area (Å²) in [6.07, 6.45) is 0.538. The Morgan fingerprint density at radius 1 is 1.32 bits per heavy atom. The highest BCUT2D eigenvalue weighted by Crippen LogP contribution is 2.22. The monoisotopic (exact) mass is 314 g/mol. The van der Waals surface area contributed by atoms with Gasteiger partial charge < -0.3 is 9.72 Å². The van der Waals surface area contributed by atoms with E-state index in [2.05, 4.69) is 9.97 Å². The molecule has 0 atom stereocenters. The lowest BCUT2D eigenvalue weighted by Gasteiger charge is -2.00. The van der Waals surface area contributed by atoms with Crippen LogP contribution in [0.1, 0.15) is 28.0 Å². The van der Waals surface area contributed by atoms with Crippen molar-refractivity contribution in [2.45, 2.75) is 13.3 Å². The molecule has 3 aromatic rings. The first kappa shape index (κ1) is 14.5. The van der Waals surface area contributed by atoms with Gasteiger partial charge in [-0.15, -0.1) is 11.3 Å². The van der Waals surface area contributed by atoms with Gasteiger partial charge in [-0.2, -0.15) is 0 Å². The maximum Gasteiger partial charge on any atom is 0.348 e. The molecule has 2 aromatic heterocycles. The average Bonchev–Trinajstić information content (AvgIpc) is 2.93. The number of nitrogens with zero attached hydrogens (tertiary/aromatic N) is 1. The van der Waals surface area contributed by atoms with E-state index < -0.39 is 5.97 Å². The molecule has 0 saturated heterocycles. The first-order chi connectivity index (χ1) is 10.7. The van der Waals surface area contributed by atoms with Crippen LogP contribution in [0.15, 0.2) is 41.2 Å². The SMILES string of the molecule is CCOC(=O)c1cc2nc(Cc3ccccc3)[nH]c(=O)c2s1. The van der Waals surface area contributed by atoms with Gasteiger partial charge >= 0.3 is 5.97 Å². The minimum atomic E-state index is -0.422. The molecule has 0 bridgehead atoms. The Morgan fingerprint density at radius 2 is 2.09 bits per heavy atom. The fraction of sp³-hybridized carbons (Fsp3) is 0.188. The Morgan fingerprint density at radius 3 is 2.82 bits per heavy atom. The van der Waals surface area contributed by atoms with Gasteiger partial charge in [0.1, 0.15) is 15.4 Å². The highest BCUT2D eigenvalue weighted by molar-refractivity contribution is 7.20. The van der Waals surface area contributed by atoms with Crippen molar-refractivity contribution < 1.29 is 9.53 Å². The van der Waals surface area contributed by atoms with Crippen LogP contribution in [0, 0.1) is 0 Å². The van der Waals surface area contributed by atoms with Crippen LogP contribution in [-0.4, -0.2) is 22.5 Å². The van der Waals surface area contributed by atoms with E-state index in [1.54, 1.807) is 13.0 Å². The number of benzene rings is 1. The summed E-state index contributed by atoms with van der Waals surface area (Å²) in [7, 11) is 0. The lowest BCUT2D eigenvalue weighted by Crippen LogP contribution is -2.10. The summed E-state index contributed by atoms with van der Waals surface area (Å²) in [6.45, 7) is 2.05. The Balaban J connectivity index is 1.97. The summed E-state index contributed by atoms with van der Waals surface area (Å²) in [4.78, 5) is 31.5. The largest absolute Gasteiger partial charge is 0.462 e. The van der Waals surface area contributed by atoms with Crippen molar-refractivity contribution in [1.29, 1.82) is 0 Å². The zero-order valence-corrected chi connectivity index (χ0v) is 12.8. The smallest absolute Gasteiger partial charge is 0.348 e. The summed E-state index contributed by atoms with van der Waals surface area (Å²) in [6, 6.07) is 11.4. The van der Waals surface area contributed by atoms with E-state index in [9.17, 15) is 9.59 Å². The zero-order chi connectivity index (χ0) is 15.5. The minimum Gasteiger partial charge on any atom is -0.462 e. The molecule has 0 unspecified atom stereocenters. The number of aromatic amines is 1. The molecular formula is C16H14N2O3S. The maximum absolute atomic E-state index is 12.1. The van der Waals surface area contributed by atoms with E-state index in [0.29, 0.717) is 33.9 Å². The van der Waals surface area contributed by atoms with Crippen molar-refractivity contribution in [3.8, 4) is 0 Å². The van der Waals surface area contributed by atoms with Crippen molar-refractivity contribution in [3.63, 3.8) is 0 Å². The van der Waals surface area contributed by atoms with Gasteiger partial charge in [-0.3, -0.25) is 4.79 Å². The fourth-order valence-corrected chi connectivity index (χ4v) is 3.05. The van der Waals surface area contributed by atoms with Gasteiger partial charge in [0.15, 0.2) is 0 Å². The van der Waals surface area contributed by atoms with E-state index >= 15 is 0 Å². The van der Waals surface area contributed by atoms with Crippen LogP contribution in [0.2, 0.25) is 0 Å². The number of ether oxygens (including phenoxy) is 1.